The summed E-state index contributed by atoms with van der Waals surface area (Å²) in [4.78, 5) is 58.9. The number of hydrogen-bond acceptors (Lipinski definition) is 8. The van der Waals surface area contributed by atoms with E-state index >= 15 is 0 Å². The fourth-order valence-corrected chi connectivity index (χ4v) is 8.49. The van der Waals surface area contributed by atoms with Gasteiger partial charge in [-0.25, -0.2) is 9.78 Å². The van der Waals surface area contributed by atoms with Crippen molar-refractivity contribution >= 4 is 62.6 Å². The van der Waals surface area contributed by atoms with Crippen LogP contribution in [0.25, 0.3) is 21.9 Å². The third-order valence-corrected chi connectivity index (χ3v) is 11.5. The van der Waals surface area contributed by atoms with E-state index < -0.39 is 29.7 Å². The Hall–Kier alpha value is -5.22. The number of rotatable bonds is 7. The lowest BCUT2D eigenvalue weighted by Crippen LogP contribution is -2.48. The Labute approximate surface area is 318 Å². The lowest BCUT2D eigenvalue weighted by Gasteiger charge is -2.39. The molecule has 0 bridgehead atoms. The predicted molar refractivity (Wildman–Crippen MR) is 200 cm³/mol. The summed E-state index contributed by atoms with van der Waals surface area (Å²) in [5, 5.41) is 10.7. The van der Waals surface area contributed by atoms with Crippen molar-refractivity contribution in [2.75, 3.05) is 42.9 Å². The van der Waals surface area contributed by atoms with Gasteiger partial charge in [0.05, 0.1) is 39.0 Å². The summed E-state index contributed by atoms with van der Waals surface area (Å²) in [6.45, 7) is 4.36. The Morgan fingerprint density at radius 2 is 1.73 bits per heavy atom. The minimum atomic E-state index is -4.67. The number of pyridine rings is 1. The minimum Gasteiger partial charge on any atom is -0.367 e. The summed E-state index contributed by atoms with van der Waals surface area (Å²) in [6, 6.07) is 11.7. The van der Waals surface area contributed by atoms with Crippen LogP contribution in [0.1, 0.15) is 66.8 Å². The molecular formula is C38H39ClF3N9O4. The van der Waals surface area contributed by atoms with Crippen LogP contribution in [-0.2, 0) is 22.8 Å². The third kappa shape index (κ3) is 7.20. The Kier molecular flexibility index (Phi) is 9.65. The number of imide groups is 1. The fourth-order valence-electron chi connectivity index (χ4n) is 8.28. The Balaban J connectivity index is 0.868. The number of alkyl halides is 3. The quantitative estimate of drug-likeness (QED) is 0.206. The van der Waals surface area contributed by atoms with Gasteiger partial charge in [0.1, 0.15) is 17.4 Å². The first kappa shape index (κ1) is 36.7. The van der Waals surface area contributed by atoms with Crippen LogP contribution in [0.2, 0.25) is 5.02 Å². The average molecular weight is 778 g/mol. The summed E-state index contributed by atoms with van der Waals surface area (Å²) < 4.78 is 44.4. The standard InChI is InChI=1S/C38H39ClF3N9O4/c1-47-34-29(5-3-6-30(34)51(37(47)55)31-12-13-33(52)45-36(31)54)49-16-14-48(15-17-49)20-22-8-10-24(11-9-22)50-21-23-18-28(25(39)19-27(23)46-50)44-35(53)26-4-2-7-32(43-26)38(40,41)42/h2-7,18-19,21-22,24,31H,8-17,20H2,1H3,(H,44,53)(H,45,52,54)/t22-,24-,31?. The summed E-state index contributed by atoms with van der Waals surface area (Å²) >= 11 is 6.46. The Bertz CT molecular complexity index is 2370. The van der Waals surface area contributed by atoms with Crippen molar-refractivity contribution in [3.8, 4) is 0 Å². The van der Waals surface area contributed by atoms with Crippen molar-refractivity contribution in [1.82, 2.24) is 34.1 Å². The van der Waals surface area contributed by atoms with E-state index in [1.165, 1.54) is 10.6 Å². The molecule has 1 unspecified atom stereocenters. The Morgan fingerprint density at radius 3 is 2.45 bits per heavy atom. The van der Waals surface area contributed by atoms with Gasteiger partial charge in [-0.2, -0.15) is 18.3 Å². The number of imidazole rings is 1. The van der Waals surface area contributed by atoms with Crippen molar-refractivity contribution in [3.63, 3.8) is 0 Å². The number of nitrogens with one attached hydrogen (secondary N) is 2. The van der Waals surface area contributed by atoms with E-state index in [4.69, 9.17) is 16.7 Å². The van der Waals surface area contributed by atoms with Gasteiger partial charge >= 0.3 is 11.9 Å². The highest BCUT2D eigenvalue weighted by Gasteiger charge is 2.34. The van der Waals surface area contributed by atoms with Crippen LogP contribution in [0.5, 0.6) is 0 Å². The van der Waals surface area contributed by atoms with E-state index in [2.05, 4.69) is 25.4 Å². The van der Waals surface area contributed by atoms with Gasteiger partial charge in [-0.05, 0) is 74.4 Å². The Morgan fingerprint density at radius 1 is 0.982 bits per heavy atom. The number of piperidine rings is 1. The third-order valence-electron chi connectivity index (χ3n) is 11.2. The molecule has 3 aliphatic rings. The first-order chi connectivity index (χ1) is 26.3. The van der Waals surface area contributed by atoms with Crippen molar-refractivity contribution in [2.24, 2.45) is 13.0 Å². The number of hydrogen-bond donors (Lipinski definition) is 2. The zero-order chi connectivity index (χ0) is 38.6. The summed E-state index contributed by atoms with van der Waals surface area (Å²) in [5.74, 6) is -1.02. The van der Waals surface area contributed by atoms with E-state index in [0.717, 1.165) is 87.1 Å². The molecule has 17 heteroatoms. The molecule has 5 heterocycles. The molecule has 0 spiro atoms. The largest absolute Gasteiger partial charge is 0.433 e. The molecule has 55 heavy (non-hydrogen) atoms. The molecule has 2 aliphatic heterocycles. The molecule has 3 aromatic heterocycles. The molecule has 2 N–H and O–H groups in total. The number of amides is 3. The fraction of sp³-hybridized carbons (Fsp3) is 0.421. The van der Waals surface area contributed by atoms with Gasteiger partial charge in [0.25, 0.3) is 5.91 Å². The second kappa shape index (κ2) is 14.5. The molecule has 0 radical (unpaired) electrons. The van der Waals surface area contributed by atoms with Crippen LogP contribution in [0, 0.1) is 5.92 Å². The van der Waals surface area contributed by atoms with E-state index in [-0.39, 0.29) is 40.5 Å². The zero-order valence-corrected chi connectivity index (χ0v) is 30.7. The molecule has 3 amide bonds. The maximum atomic E-state index is 13.4. The number of carbonyl (C=O) groups excluding carboxylic acids is 3. The van der Waals surface area contributed by atoms with Crippen molar-refractivity contribution < 1.29 is 27.6 Å². The van der Waals surface area contributed by atoms with Gasteiger partial charge in [0, 0.05) is 57.8 Å². The smallest absolute Gasteiger partial charge is 0.367 e. The molecule has 1 aliphatic carbocycles. The van der Waals surface area contributed by atoms with Crippen LogP contribution in [-0.4, -0.2) is 79.2 Å². The first-order valence-corrected chi connectivity index (χ1v) is 18.8. The van der Waals surface area contributed by atoms with E-state index in [0.29, 0.717) is 23.4 Å². The molecule has 1 atom stereocenters. The van der Waals surface area contributed by atoms with Gasteiger partial charge in [-0.3, -0.25) is 38.4 Å². The van der Waals surface area contributed by atoms with Crippen LogP contribution in [0.3, 0.4) is 0 Å². The summed E-state index contributed by atoms with van der Waals surface area (Å²) in [7, 11) is 1.73. The molecule has 5 aromatic rings. The number of fused-ring (bicyclic) bond motifs is 2. The van der Waals surface area contributed by atoms with Gasteiger partial charge in [0.15, 0.2) is 0 Å². The van der Waals surface area contributed by atoms with Crippen LogP contribution in [0.15, 0.2) is 59.5 Å². The van der Waals surface area contributed by atoms with E-state index in [1.54, 1.807) is 23.7 Å². The molecule has 1 saturated carbocycles. The van der Waals surface area contributed by atoms with Crippen LogP contribution >= 0.6 is 11.6 Å². The summed E-state index contributed by atoms with van der Waals surface area (Å²) in [5.41, 5.74) is 1.54. The highest BCUT2D eigenvalue weighted by molar-refractivity contribution is 6.34. The number of aromatic nitrogens is 5. The molecular weight excluding hydrogens is 739 g/mol. The van der Waals surface area contributed by atoms with E-state index in [9.17, 15) is 32.3 Å². The molecule has 8 rings (SSSR count). The first-order valence-electron chi connectivity index (χ1n) is 18.4. The number of anilines is 2. The van der Waals surface area contributed by atoms with Gasteiger partial charge < -0.3 is 10.2 Å². The molecule has 13 nitrogen and oxygen atoms in total. The van der Waals surface area contributed by atoms with Crippen molar-refractivity contribution in [2.45, 2.75) is 56.8 Å². The lowest BCUT2D eigenvalue weighted by atomic mass is 9.85. The van der Waals surface area contributed by atoms with Gasteiger partial charge in [-0.15, -0.1) is 0 Å². The van der Waals surface area contributed by atoms with Crippen molar-refractivity contribution in [1.29, 1.82) is 0 Å². The molecule has 3 fully saturated rings. The highest BCUT2D eigenvalue weighted by atomic mass is 35.5. The second-order valence-corrected chi connectivity index (χ2v) is 15.1. The average Bonchev–Trinajstić information content (AvgIpc) is 3.69. The van der Waals surface area contributed by atoms with Gasteiger partial charge in [-0.1, -0.05) is 23.7 Å². The van der Waals surface area contributed by atoms with Crippen LogP contribution < -0.4 is 21.2 Å². The van der Waals surface area contributed by atoms with Crippen molar-refractivity contribution in [3.05, 3.63) is 81.6 Å². The number of carbonyl (C=O) groups is 3. The maximum absolute atomic E-state index is 13.4. The number of piperazine rings is 1. The predicted octanol–water partition coefficient (Wildman–Crippen LogP) is 5.54. The SMILES string of the molecule is Cn1c(=O)n(C2CCC(=O)NC2=O)c2cccc(N3CCN(C[C@H]4CC[C@H](n5cc6cc(NC(=O)c7cccc(C(F)(F)F)n7)c(Cl)cc6n5)CC4)CC3)c21. The summed E-state index contributed by atoms with van der Waals surface area (Å²) in [6.07, 6.45) is 1.73. The van der Waals surface area contributed by atoms with Gasteiger partial charge in [0.2, 0.25) is 11.8 Å². The number of aryl methyl sites for hydroxylation is 1. The number of benzene rings is 2. The monoisotopic (exact) mass is 777 g/mol. The molecule has 288 valence electrons. The maximum Gasteiger partial charge on any atom is 0.433 e. The van der Waals surface area contributed by atoms with E-state index in [1.807, 2.05) is 29.1 Å². The number of halogens is 4. The number of para-hydroxylation sites is 1. The van der Waals surface area contributed by atoms with Crippen LogP contribution in [0.4, 0.5) is 24.5 Å². The minimum absolute atomic E-state index is 0.193. The topological polar surface area (TPSA) is 139 Å². The lowest BCUT2D eigenvalue weighted by molar-refractivity contribution is -0.141. The number of nitrogens with zero attached hydrogens (tertiary/aromatic N) is 7. The highest BCUT2D eigenvalue weighted by Crippen LogP contribution is 2.36. The molecule has 2 aromatic carbocycles. The second-order valence-electron chi connectivity index (χ2n) is 14.6. The molecule has 2 saturated heterocycles. The normalized spacial score (nSPS) is 21.3. The zero-order valence-electron chi connectivity index (χ0n) is 30.0.